The normalized spacial score (nSPS) is 14.9. The average molecular weight is 327 g/mol. The second-order valence-electron chi connectivity index (χ2n) is 5.42. The summed E-state index contributed by atoms with van der Waals surface area (Å²) >= 11 is 1.32. The third-order valence-corrected chi connectivity index (χ3v) is 4.73. The number of hydrogen-bond donors (Lipinski definition) is 1. The van der Waals surface area contributed by atoms with Crippen LogP contribution in [0.3, 0.4) is 0 Å². The number of aryl methyl sites for hydroxylation is 1. The molecule has 0 radical (unpaired) electrons. The van der Waals surface area contributed by atoms with Gasteiger partial charge in [0.15, 0.2) is 5.76 Å². The highest BCUT2D eigenvalue weighted by atomic mass is 32.1. The van der Waals surface area contributed by atoms with E-state index < -0.39 is 17.6 Å². The van der Waals surface area contributed by atoms with Gasteiger partial charge in [-0.3, -0.25) is 9.59 Å². The number of unbranched alkanes of at least 4 members (excludes halogenated alkanes) is 1. The smallest absolute Gasteiger partial charge is 0.301 e. The SMILES string of the molecule is CCCCc1ccc(N2C(=O)C(O)=C(c3cccs3)C2=O)cc1. The van der Waals surface area contributed by atoms with Crippen molar-refractivity contribution < 1.29 is 14.7 Å². The van der Waals surface area contributed by atoms with E-state index >= 15 is 0 Å². The summed E-state index contributed by atoms with van der Waals surface area (Å²) in [6.45, 7) is 2.14. The van der Waals surface area contributed by atoms with Gasteiger partial charge in [-0.25, -0.2) is 4.90 Å². The van der Waals surface area contributed by atoms with Crippen LogP contribution in [0, 0.1) is 0 Å². The van der Waals surface area contributed by atoms with Crippen molar-refractivity contribution in [3.63, 3.8) is 0 Å². The minimum Gasteiger partial charge on any atom is -0.502 e. The highest BCUT2D eigenvalue weighted by Gasteiger charge is 2.40. The number of thiophene rings is 1. The number of carbonyl (C=O) groups is 2. The molecule has 2 heterocycles. The van der Waals surface area contributed by atoms with E-state index in [0.29, 0.717) is 10.6 Å². The van der Waals surface area contributed by atoms with Gasteiger partial charge in [0.1, 0.15) is 5.57 Å². The maximum Gasteiger partial charge on any atom is 0.301 e. The minimum atomic E-state index is -0.667. The zero-order valence-corrected chi connectivity index (χ0v) is 13.6. The topological polar surface area (TPSA) is 57.6 Å². The van der Waals surface area contributed by atoms with Crippen LogP contribution in [-0.2, 0) is 16.0 Å². The number of hydrogen-bond acceptors (Lipinski definition) is 4. The van der Waals surface area contributed by atoms with Crippen LogP contribution in [0.2, 0.25) is 0 Å². The fourth-order valence-corrected chi connectivity index (χ4v) is 3.35. The predicted molar refractivity (Wildman–Crippen MR) is 91.4 cm³/mol. The Morgan fingerprint density at radius 2 is 1.83 bits per heavy atom. The molecule has 0 saturated carbocycles. The van der Waals surface area contributed by atoms with E-state index in [1.807, 2.05) is 12.1 Å². The molecule has 2 amide bonds. The molecule has 5 heteroatoms. The molecule has 1 aromatic carbocycles. The molecule has 1 aromatic heterocycles. The highest BCUT2D eigenvalue weighted by molar-refractivity contribution is 7.11. The number of aliphatic hydroxyl groups is 1. The van der Waals surface area contributed by atoms with Crippen molar-refractivity contribution in [1.29, 1.82) is 0 Å². The molecule has 1 N–H and O–H groups in total. The largest absolute Gasteiger partial charge is 0.502 e. The molecule has 0 spiro atoms. The fourth-order valence-electron chi connectivity index (χ4n) is 2.59. The predicted octanol–water partition coefficient (Wildman–Crippen LogP) is 3.93. The molecule has 23 heavy (non-hydrogen) atoms. The van der Waals surface area contributed by atoms with Crippen molar-refractivity contribution in [3.8, 4) is 0 Å². The van der Waals surface area contributed by atoms with Gasteiger partial charge >= 0.3 is 5.91 Å². The molecule has 1 aliphatic rings. The molecule has 4 nitrogen and oxygen atoms in total. The average Bonchev–Trinajstić information content (AvgIpc) is 3.14. The molecule has 0 bridgehead atoms. The van der Waals surface area contributed by atoms with Gasteiger partial charge in [-0.15, -0.1) is 11.3 Å². The van der Waals surface area contributed by atoms with Crippen LogP contribution >= 0.6 is 11.3 Å². The monoisotopic (exact) mass is 327 g/mol. The molecule has 0 fully saturated rings. The van der Waals surface area contributed by atoms with Crippen molar-refractivity contribution in [3.05, 3.63) is 58.0 Å². The summed E-state index contributed by atoms with van der Waals surface area (Å²) < 4.78 is 0. The molecular weight excluding hydrogens is 310 g/mol. The Morgan fingerprint density at radius 1 is 1.09 bits per heavy atom. The fraction of sp³-hybridized carbons (Fsp3) is 0.222. The standard InChI is InChI=1S/C18H17NO3S/c1-2-3-5-12-7-9-13(10-8-12)19-17(21)15(16(20)18(19)22)14-6-4-11-23-14/h4,6-11,20H,2-3,5H2,1H3. The van der Waals surface area contributed by atoms with Gasteiger partial charge < -0.3 is 5.11 Å². The Balaban J connectivity index is 1.88. The first-order chi connectivity index (χ1) is 11.1. The number of benzene rings is 1. The zero-order chi connectivity index (χ0) is 16.4. The quantitative estimate of drug-likeness (QED) is 0.847. The number of imide groups is 1. The third-order valence-electron chi connectivity index (χ3n) is 3.84. The van der Waals surface area contributed by atoms with Crippen LogP contribution in [0.5, 0.6) is 0 Å². The van der Waals surface area contributed by atoms with Crippen LogP contribution in [-0.4, -0.2) is 16.9 Å². The Kier molecular flexibility index (Phi) is 4.30. The third kappa shape index (κ3) is 2.80. The molecule has 2 aromatic rings. The summed E-state index contributed by atoms with van der Waals surface area (Å²) in [5, 5.41) is 11.9. The molecule has 3 rings (SSSR count). The van der Waals surface area contributed by atoms with Crippen molar-refractivity contribution in [1.82, 2.24) is 0 Å². The molecule has 0 atom stereocenters. The second kappa shape index (κ2) is 6.38. The lowest BCUT2D eigenvalue weighted by atomic mass is 10.1. The lowest BCUT2D eigenvalue weighted by Gasteiger charge is -2.14. The lowest BCUT2D eigenvalue weighted by molar-refractivity contribution is -0.121. The van der Waals surface area contributed by atoms with Crippen LogP contribution in [0.15, 0.2) is 47.5 Å². The molecule has 118 valence electrons. The van der Waals surface area contributed by atoms with Gasteiger partial charge in [-0.2, -0.15) is 0 Å². The van der Waals surface area contributed by atoms with E-state index in [0.717, 1.165) is 24.2 Å². The van der Waals surface area contributed by atoms with Gasteiger partial charge in [0, 0.05) is 4.88 Å². The van der Waals surface area contributed by atoms with Crippen LogP contribution in [0.1, 0.15) is 30.2 Å². The first kappa shape index (κ1) is 15.5. The van der Waals surface area contributed by atoms with Crippen LogP contribution < -0.4 is 4.90 Å². The first-order valence-electron chi connectivity index (χ1n) is 7.58. The summed E-state index contributed by atoms with van der Waals surface area (Å²) in [5.74, 6) is -1.62. The van der Waals surface area contributed by atoms with Gasteiger partial charge in [-0.1, -0.05) is 31.5 Å². The van der Waals surface area contributed by atoms with E-state index in [1.54, 1.807) is 29.6 Å². The number of amides is 2. The van der Waals surface area contributed by atoms with E-state index in [2.05, 4.69) is 6.92 Å². The molecule has 0 saturated heterocycles. The van der Waals surface area contributed by atoms with Gasteiger partial charge in [-0.05, 0) is 42.0 Å². The summed E-state index contributed by atoms with van der Waals surface area (Å²) in [4.78, 5) is 26.5. The van der Waals surface area contributed by atoms with Crippen LogP contribution in [0.25, 0.3) is 5.57 Å². The van der Waals surface area contributed by atoms with E-state index in [4.69, 9.17) is 0 Å². The Morgan fingerprint density at radius 3 is 2.43 bits per heavy atom. The van der Waals surface area contributed by atoms with Crippen molar-refractivity contribution in [2.24, 2.45) is 0 Å². The maximum absolute atomic E-state index is 12.6. The molecule has 0 aliphatic carbocycles. The Bertz CT molecular complexity index is 760. The number of aliphatic hydroxyl groups excluding tert-OH is 1. The second-order valence-corrected chi connectivity index (χ2v) is 6.36. The summed E-state index contributed by atoms with van der Waals surface area (Å²) in [6.07, 6.45) is 3.20. The maximum atomic E-state index is 12.6. The number of anilines is 1. The van der Waals surface area contributed by atoms with E-state index in [1.165, 1.54) is 16.9 Å². The zero-order valence-electron chi connectivity index (χ0n) is 12.8. The summed E-state index contributed by atoms with van der Waals surface area (Å²) in [7, 11) is 0. The van der Waals surface area contributed by atoms with Gasteiger partial charge in [0.25, 0.3) is 5.91 Å². The van der Waals surface area contributed by atoms with Crippen molar-refractivity contribution in [2.75, 3.05) is 4.90 Å². The van der Waals surface area contributed by atoms with Gasteiger partial charge in [0.2, 0.25) is 0 Å². The number of carbonyl (C=O) groups excluding carboxylic acids is 2. The summed E-state index contributed by atoms with van der Waals surface area (Å²) in [5.41, 5.74) is 1.74. The Hall–Kier alpha value is -2.40. The number of nitrogens with zero attached hydrogens (tertiary/aromatic N) is 1. The van der Waals surface area contributed by atoms with E-state index in [-0.39, 0.29) is 5.57 Å². The molecular formula is C18H17NO3S. The van der Waals surface area contributed by atoms with Crippen molar-refractivity contribution in [2.45, 2.75) is 26.2 Å². The number of rotatable bonds is 5. The van der Waals surface area contributed by atoms with E-state index in [9.17, 15) is 14.7 Å². The highest BCUT2D eigenvalue weighted by Crippen LogP contribution is 2.33. The van der Waals surface area contributed by atoms with Crippen LogP contribution in [0.4, 0.5) is 5.69 Å². The Labute approximate surface area is 138 Å². The first-order valence-corrected chi connectivity index (χ1v) is 8.46. The summed E-state index contributed by atoms with van der Waals surface area (Å²) in [6, 6.07) is 10.9. The van der Waals surface area contributed by atoms with Crippen molar-refractivity contribution >= 4 is 34.4 Å². The lowest BCUT2D eigenvalue weighted by Crippen LogP contribution is -2.31. The van der Waals surface area contributed by atoms with Gasteiger partial charge in [0.05, 0.1) is 5.69 Å². The minimum absolute atomic E-state index is 0.0834. The molecule has 1 aliphatic heterocycles. The molecule has 0 unspecified atom stereocenters.